The molecule has 5 nitrogen and oxygen atoms in total. The highest BCUT2D eigenvalue weighted by Crippen LogP contribution is 2.31. The van der Waals surface area contributed by atoms with Gasteiger partial charge in [-0.2, -0.15) is 0 Å². The summed E-state index contributed by atoms with van der Waals surface area (Å²) in [4.78, 5) is 19.2. The zero-order chi connectivity index (χ0) is 16.7. The van der Waals surface area contributed by atoms with Gasteiger partial charge in [0.25, 0.3) is 5.91 Å². The molecule has 0 aliphatic carbocycles. The molecule has 1 aliphatic heterocycles. The summed E-state index contributed by atoms with van der Waals surface area (Å²) < 4.78 is 6.95. The van der Waals surface area contributed by atoms with Crippen molar-refractivity contribution in [3.05, 3.63) is 42.2 Å². The van der Waals surface area contributed by atoms with Gasteiger partial charge in [-0.1, -0.05) is 12.1 Å². The van der Waals surface area contributed by atoms with Crippen LogP contribution in [-0.2, 0) is 0 Å². The number of amides is 1. The van der Waals surface area contributed by atoms with E-state index in [-0.39, 0.29) is 18.0 Å². The predicted octanol–water partition coefficient (Wildman–Crippen LogP) is 3.38. The van der Waals surface area contributed by atoms with Crippen molar-refractivity contribution >= 4 is 27.5 Å². The van der Waals surface area contributed by atoms with Crippen LogP contribution in [0.5, 0.6) is 0 Å². The molecule has 1 N–H and O–H groups in total. The van der Waals surface area contributed by atoms with Gasteiger partial charge < -0.3 is 14.6 Å². The van der Waals surface area contributed by atoms with E-state index in [0.29, 0.717) is 18.1 Å². The zero-order valence-electron chi connectivity index (χ0n) is 13.7. The molecule has 3 heterocycles. The second-order valence-electron chi connectivity index (χ2n) is 6.13. The normalized spacial score (nSPS) is 21.3. The topological polar surface area (TPSA) is 58.4 Å². The Labute approximate surface area is 144 Å². The lowest BCUT2D eigenvalue weighted by atomic mass is 10.1. The number of aromatic nitrogens is 1. The van der Waals surface area contributed by atoms with Gasteiger partial charge >= 0.3 is 0 Å². The first-order valence-corrected chi connectivity index (χ1v) is 8.95. The van der Waals surface area contributed by atoms with Crippen molar-refractivity contribution in [3.63, 3.8) is 0 Å². The zero-order valence-corrected chi connectivity index (χ0v) is 14.5. The Hall–Kier alpha value is -2.18. The van der Waals surface area contributed by atoms with Gasteiger partial charge in [-0.05, 0) is 38.1 Å². The van der Waals surface area contributed by atoms with Crippen molar-refractivity contribution in [1.82, 2.24) is 15.2 Å². The molecule has 124 valence electrons. The van der Waals surface area contributed by atoms with Crippen molar-refractivity contribution in [1.29, 1.82) is 0 Å². The average Bonchev–Trinajstić information content (AvgIpc) is 3.23. The van der Waals surface area contributed by atoms with Gasteiger partial charge in [-0.25, -0.2) is 4.98 Å². The van der Waals surface area contributed by atoms with Crippen LogP contribution >= 0.6 is 11.3 Å². The Morgan fingerprint density at radius 1 is 1.29 bits per heavy atom. The molecule has 1 aromatic carbocycles. The van der Waals surface area contributed by atoms with Gasteiger partial charge in [0.1, 0.15) is 0 Å². The Bertz CT molecular complexity index is 852. The highest BCUT2D eigenvalue weighted by Gasteiger charge is 2.30. The third-order valence-corrected chi connectivity index (χ3v) is 5.67. The third-order valence-electron chi connectivity index (χ3n) is 4.62. The number of rotatable bonds is 2. The number of carbonyl (C=O) groups is 1. The summed E-state index contributed by atoms with van der Waals surface area (Å²) >= 11 is 1.57. The first-order chi connectivity index (χ1) is 11.6. The number of fused-ring (bicyclic) bond motifs is 1. The molecule has 2 unspecified atom stereocenters. The third kappa shape index (κ3) is 2.61. The minimum Gasteiger partial charge on any atom is -0.448 e. The molecule has 2 aromatic heterocycles. The highest BCUT2D eigenvalue weighted by molar-refractivity contribution is 7.21. The molecule has 4 rings (SSSR count). The van der Waals surface area contributed by atoms with Gasteiger partial charge in [0, 0.05) is 25.2 Å². The van der Waals surface area contributed by atoms with E-state index in [1.807, 2.05) is 35.2 Å². The molecule has 3 aromatic rings. The molecule has 1 aliphatic rings. The molecule has 0 bridgehead atoms. The fraction of sp³-hybridized carbons (Fsp3) is 0.333. The molecular formula is C18H19N3O2S. The molecule has 6 heteroatoms. The van der Waals surface area contributed by atoms with E-state index in [0.717, 1.165) is 21.8 Å². The number of para-hydroxylation sites is 1. The van der Waals surface area contributed by atoms with Gasteiger partial charge in [-0.3, -0.25) is 4.79 Å². The SMILES string of the molecule is CC1NCCN(C(=O)c2ccc(-c3nc4ccccc4s3)o2)C1C. The fourth-order valence-electron chi connectivity index (χ4n) is 3.03. The fourth-order valence-corrected chi connectivity index (χ4v) is 3.96. The van der Waals surface area contributed by atoms with Crippen LogP contribution in [0.1, 0.15) is 24.4 Å². The molecule has 2 atom stereocenters. The summed E-state index contributed by atoms with van der Waals surface area (Å²) in [5.41, 5.74) is 0.950. The summed E-state index contributed by atoms with van der Waals surface area (Å²) in [7, 11) is 0. The maximum Gasteiger partial charge on any atom is 0.289 e. The Balaban J connectivity index is 1.61. The number of furan rings is 1. The van der Waals surface area contributed by atoms with Crippen LogP contribution in [-0.4, -0.2) is 41.0 Å². The number of carbonyl (C=O) groups excluding carboxylic acids is 1. The Kier molecular flexibility index (Phi) is 3.86. The lowest BCUT2D eigenvalue weighted by molar-refractivity contribution is 0.0571. The molecule has 1 saturated heterocycles. The van der Waals surface area contributed by atoms with E-state index in [1.165, 1.54) is 0 Å². The lowest BCUT2D eigenvalue weighted by Gasteiger charge is -2.38. The van der Waals surface area contributed by atoms with Crippen LogP contribution < -0.4 is 5.32 Å². The van der Waals surface area contributed by atoms with Crippen LogP contribution in [0.4, 0.5) is 0 Å². The molecule has 1 fully saturated rings. The Morgan fingerprint density at radius 2 is 2.12 bits per heavy atom. The number of piperazine rings is 1. The molecule has 0 radical (unpaired) electrons. The number of hydrogen-bond donors (Lipinski definition) is 1. The number of hydrogen-bond acceptors (Lipinski definition) is 5. The number of nitrogens with zero attached hydrogens (tertiary/aromatic N) is 2. The van der Waals surface area contributed by atoms with Gasteiger partial charge in [0.2, 0.25) is 0 Å². The summed E-state index contributed by atoms with van der Waals surface area (Å²) in [6.07, 6.45) is 0. The van der Waals surface area contributed by atoms with Gasteiger partial charge in [0.15, 0.2) is 16.5 Å². The predicted molar refractivity (Wildman–Crippen MR) is 95.3 cm³/mol. The number of thiazole rings is 1. The van der Waals surface area contributed by atoms with E-state index < -0.39 is 0 Å². The first kappa shape index (κ1) is 15.4. The molecule has 0 spiro atoms. The largest absolute Gasteiger partial charge is 0.448 e. The minimum absolute atomic E-state index is 0.0526. The van der Waals surface area contributed by atoms with Crippen molar-refractivity contribution in [2.45, 2.75) is 25.9 Å². The maximum atomic E-state index is 12.8. The second kappa shape index (κ2) is 6.03. The standard InChI is InChI=1S/C18H19N3O2S/c1-11-12(2)21(10-9-19-11)18(22)15-8-7-14(23-15)17-20-13-5-3-4-6-16(13)24-17/h3-8,11-12,19H,9-10H2,1-2H3. The lowest BCUT2D eigenvalue weighted by Crippen LogP contribution is -2.57. The van der Waals surface area contributed by atoms with E-state index in [1.54, 1.807) is 17.4 Å². The summed E-state index contributed by atoms with van der Waals surface area (Å²) in [6.45, 7) is 5.66. The number of nitrogens with one attached hydrogen (secondary N) is 1. The quantitative estimate of drug-likeness (QED) is 0.776. The smallest absolute Gasteiger partial charge is 0.289 e. The summed E-state index contributed by atoms with van der Waals surface area (Å²) in [5, 5.41) is 4.18. The maximum absolute atomic E-state index is 12.8. The van der Waals surface area contributed by atoms with Crippen molar-refractivity contribution in [2.75, 3.05) is 13.1 Å². The molecular weight excluding hydrogens is 322 g/mol. The van der Waals surface area contributed by atoms with Crippen LogP contribution in [0.2, 0.25) is 0 Å². The van der Waals surface area contributed by atoms with E-state index in [2.05, 4.69) is 24.1 Å². The van der Waals surface area contributed by atoms with E-state index in [9.17, 15) is 4.79 Å². The van der Waals surface area contributed by atoms with Crippen molar-refractivity contribution in [3.8, 4) is 10.8 Å². The van der Waals surface area contributed by atoms with E-state index in [4.69, 9.17) is 4.42 Å². The van der Waals surface area contributed by atoms with Gasteiger partial charge in [-0.15, -0.1) is 11.3 Å². The molecule has 0 saturated carbocycles. The second-order valence-corrected chi connectivity index (χ2v) is 7.16. The van der Waals surface area contributed by atoms with Crippen LogP contribution in [0.3, 0.4) is 0 Å². The highest BCUT2D eigenvalue weighted by atomic mass is 32.1. The first-order valence-electron chi connectivity index (χ1n) is 8.13. The molecule has 1 amide bonds. The Morgan fingerprint density at radius 3 is 2.96 bits per heavy atom. The van der Waals surface area contributed by atoms with Gasteiger partial charge in [0.05, 0.1) is 10.2 Å². The average molecular weight is 341 g/mol. The monoisotopic (exact) mass is 341 g/mol. The van der Waals surface area contributed by atoms with Crippen LogP contribution in [0.15, 0.2) is 40.8 Å². The van der Waals surface area contributed by atoms with E-state index >= 15 is 0 Å². The van der Waals surface area contributed by atoms with Crippen molar-refractivity contribution in [2.24, 2.45) is 0 Å². The number of benzene rings is 1. The minimum atomic E-state index is -0.0526. The summed E-state index contributed by atoms with van der Waals surface area (Å²) in [6, 6.07) is 12.0. The van der Waals surface area contributed by atoms with Crippen LogP contribution in [0.25, 0.3) is 21.0 Å². The molecule has 24 heavy (non-hydrogen) atoms. The summed E-state index contributed by atoms with van der Waals surface area (Å²) in [5.74, 6) is 0.976. The van der Waals surface area contributed by atoms with Crippen molar-refractivity contribution < 1.29 is 9.21 Å². The van der Waals surface area contributed by atoms with Crippen LogP contribution in [0, 0.1) is 0 Å².